The van der Waals surface area contributed by atoms with Crippen LogP contribution in [0.5, 0.6) is 11.5 Å². The summed E-state index contributed by atoms with van der Waals surface area (Å²) in [4.78, 5) is 16.7. The number of ether oxygens (including phenoxy) is 2. The number of benzene rings is 1. The molecule has 0 bridgehead atoms. The molecular weight excluding hydrogens is 330 g/mol. The van der Waals surface area contributed by atoms with Crippen molar-refractivity contribution in [3.8, 4) is 11.5 Å². The minimum absolute atomic E-state index is 0.0275. The van der Waals surface area contributed by atoms with Gasteiger partial charge in [0.15, 0.2) is 17.6 Å². The second-order valence-corrected chi connectivity index (χ2v) is 7.29. The Bertz CT molecular complexity index is 587. The minimum atomic E-state index is -0.140. The first-order chi connectivity index (χ1) is 12.7. The van der Waals surface area contributed by atoms with Gasteiger partial charge in [-0.2, -0.15) is 0 Å². The standard InChI is InChI=1S/C20H31N3O3/c1-3-23(14-17-15-25-18-6-4-5-7-19(18)26-17)20(24)21-10-13-22-11-8-16(2)9-12-22/h4-7,16-17H,3,8-15H2,1-2H3,(H,21,24). The molecule has 26 heavy (non-hydrogen) atoms. The topological polar surface area (TPSA) is 54.0 Å². The Labute approximate surface area is 156 Å². The van der Waals surface area contributed by atoms with Crippen LogP contribution in [-0.4, -0.2) is 67.8 Å². The summed E-state index contributed by atoms with van der Waals surface area (Å²) in [5.74, 6) is 2.35. The first kappa shape index (κ1) is 18.8. The minimum Gasteiger partial charge on any atom is -0.486 e. The number of piperidine rings is 1. The van der Waals surface area contributed by atoms with Gasteiger partial charge in [-0.3, -0.25) is 0 Å². The van der Waals surface area contributed by atoms with Gasteiger partial charge >= 0.3 is 6.03 Å². The van der Waals surface area contributed by atoms with E-state index < -0.39 is 0 Å². The molecule has 3 rings (SSSR count). The third kappa shape index (κ3) is 5.04. The molecule has 1 aromatic rings. The van der Waals surface area contributed by atoms with Crippen LogP contribution in [0.1, 0.15) is 26.7 Å². The Morgan fingerprint density at radius 2 is 2.00 bits per heavy atom. The zero-order chi connectivity index (χ0) is 18.4. The van der Waals surface area contributed by atoms with Crippen LogP contribution in [0.2, 0.25) is 0 Å². The van der Waals surface area contributed by atoms with Gasteiger partial charge in [0.1, 0.15) is 6.61 Å². The highest BCUT2D eigenvalue weighted by molar-refractivity contribution is 5.74. The first-order valence-electron chi connectivity index (χ1n) is 9.79. The molecule has 1 aromatic carbocycles. The summed E-state index contributed by atoms with van der Waals surface area (Å²) in [6.07, 6.45) is 2.38. The highest BCUT2D eigenvalue weighted by atomic mass is 16.6. The van der Waals surface area contributed by atoms with Gasteiger partial charge in [0, 0.05) is 19.6 Å². The predicted octanol–water partition coefficient (Wildman–Crippen LogP) is 2.59. The average Bonchev–Trinajstić information content (AvgIpc) is 2.67. The van der Waals surface area contributed by atoms with Crippen molar-refractivity contribution < 1.29 is 14.3 Å². The number of likely N-dealkylation sites (tertiary alicyclic amines) is 1. The molecule has 6 heteroatoms. The van der Waals surface area contributed by atoms with E-state index in [-0.39, 0.29) is 12.1 Å². The fourth-order valence-corrected chi connectivity index (χ4v) is 3.47. The number of rotatable bonds is 6. The van der Waals surface area contributed by atoms with Crippen LogP contribution < -0.4 is 14.8 Å². The number of para-hydroxylation sites is 2. The second-order valence-electron chi connectivity index (χ2n) is 7.29. The highest BCUT2D eigenvalue weighted by Gasteiger charge is 2.24. The van der Waals surface area contributed by atoms with E-state index in [1.165, 1.54) is 12.8 Å². The zero-order valence-corrected chi connectivity index (χ0v) is 15.9. The van der Waals surface area contributed by atoms with E-state index in [1.807, 2.05) is 31.2 Å². The molecule has 0 radical (unpaired) electrons. The largest absolute Gasteiger partial charge is 0.486 e. The second kappa shape index (κ2) is 9.12. The van der Waals surface area contributed by atoms with Gasteiger partial charge in [-0.15, -0.1) is 0 Å². The summed E-state index contributed by atoms with van der Waals surface area (Å²) in [6, 6.07) is 7.63. The molecule has 1 N–H and O–H groups in total. The summed E-state index contributed by atoms with van der Waals surface area (Å²) in [5.41, 5.74) is 0. The molecule has 2 heterocycles. The lowest BCUT2D eigenvalue weighted by Crippen LogP contribution is -2.49. The molecule has 0 spiro atoms. The maximum absolute atomic E-state index is 12.5. The number of hydrogen-bond acceptors (Lipinski definition) is 4. The Morgan fingerprint density at radius 3 is 2.73 bits per heavy atom. The maximum atomic E-state index is 12.5. The van der Waals surface area contributed by atoms with Crippen molar-refractivity contribution in [3.05, 3.63) is 24.3 Å². The van der Waals surface area contributed by atoms with Crippen LogP contribution in [0.3, 0.4) is 0 Å². The zero-order valence-electron chi connectivity index (χ0n) is 15.9. The Hall–Kier alpha value is -1.95. The number of amides is 2. The lowest BCUT2D eigenvalue weighted by Gasteiger charge is -2.32. The third-order valence-electron chi connectivity index (χ3n) is 5.24. The fraction of sp³-hybridized carbons (Fsp3) is 0.650. The normalized spacial score (nSPS) is 20.6. The van der Waals surface area contributed by atoms with Crippen LogP contribution in [0, 0.1) is 5.92 Å². The maximum Gasteiger partial charge on any atom is 0.317 e. The fourth-order valence-electron chi connectivity index (χ4n) is 3.47. The SMILES string of the molecule is CCN(CC1COc2ccccc2O1)C(=O)NCCN1CCC(C)CC1. The lowest BCUT2D eigenvalue weighted by molar-refractivity contribution is 0.0674. The number of nitrogens with one attached hydrogen (secondary N) is 1. The number of likely N-dealkylation sites (N-methyl/N-ethyl adjacent to an activating group) is 1. The number of urea groups is 1. The van der Waals surface area contributed by atoms with E-state index in [2.05, 4.69) is 17.1 Å². The van der Waals surface area contributed by atoms with E-state index in [9.17, 15) is 4.79 Å². The summed E-state index contributed by atoms with van der Waals surface area (Å²) in [6.45, 7) is 9.83. The third-order valence-corrected chi connectivity index (χ3v) is 5.24. The van der Waals surface area contributed by atoms with Crippen molar-refractivity contribution in [3.63, 3.8) is 0 Å². The molecule has 6 nitrogen and oxygen atoms in total. The molecule has 1 fully saturated rings. The highest BCUT2D eigenvalue weighted by Crippen LogP contribution is 2.31. The Kier molecular flexibility index (Phi) is 6.61. The van der Waals surface area contributed by atoms with Crippen molar-refractivity contribution in [2.75, 3.05) is 45.9 Å². The van der Waals surface area contributed by atoms with Gasteiger partial charge < -0.3 is 24.6 Å². The van der Waals surface area contributed by atoms with Crippen LogP contribution >= 0.6 is 0 Å². The average molecular weight is 361 g/mol. The van der Waals surface area contributed by atoms with E-state index >= 15 is 0 Å². The van der Waals surface area contributed by atoms with Crippen LogP contribution in [0.4, 0.5) is 4.79 Å². The molecule has 0 aromatic heterocycles. The first-order valence-corrected chi connectivity index (χ1v) is 9.79. The van der Waals surface area contributed by atoms with Crippen LogP contribution in [-0.2, 0) is 0 Å². The number of carbonyl (C=O) groups is 1. The van der Waals surface area contributed by atoms with Crippen LogP contribution in [0.25, 0.3) is 0 Å². The number of carbonyl (C=O) groups excluding carboxylic acids is 1. The smallest absolute Gasteiger partial charge is 0.317 e. The summed E-state index contributed by atoms with van der Waals surface area (Å²) >= 11 is 0. The quantitative estimate of drug-likeness (QED) is 0.846. The molecule has 0 aliphatic carbocycles. The van der Waals surface area contributed by atoms with Gasteiger partial charge in [-0.1, -0.05) is 19.1 Å². The molecule has 2 amide bonds. The van der Waals surface area contributed by atoms with Crippen molar-refractivity contribution in [2.24, 2.45) is 5.92 Å². The number of fused-ring (bicyclic) bond motifs is 1. The van der Waals surface area contributed by atoms with Crippen molar-refractivity contribution in [1.29, 1.82) is 0 Å². The van der Waals surface area contributed by atoms with E-state index in [1.54, 1.807) is 4.90 Å². The van der Waals surface area contributed by atoms with E-state index in [0.717, 1.165) is 37.1 Å². The molecular formula is C20H31N3O3. The van der Waals surface area contributed by atoms with Crippen LogP contribution in [0.15, 0.2) is 24.3 Å². The Morgan fingerprint density at radius 1 is 1.27 bits per heavy atom. The molecule has 1 unspecified atom stereocenters. The van der Waals surface area contributed by atoms with Crippen molar-refractivity contribution in [1.82, 2.24) is 15.1 Å². The van der Waals surface area contributed by atoms with Gasteiger partial charge in [0.25, 0.3) is 0 Å². The molecule has 2 aliphatic heterocycles. The number of nitrogens with zero attached hydrogens (tertiary/aromatic N) is 2. The molecule has 1 atom stereocenters. The monoisotopic (exact) mass is 361 g/mol. The summed E-state index contributed by atoms with van der Waals surface area (Å²) < 4.78 is 11.7. The molecule has 1 saturated heterocycles. The molecule has 144 valence electrons. The lowest BCUT2D eigenvalue weighted by atomic mass is 9.99. The summed E-state index contributed by atoms with van der Waals surface area (Å²) in [7, 11) is 0. The summed E-state index contributed by atoms with van der Waals surface area (Å²) in [5, 5.41) is 3.05. The predicted molar refractivity (Wildman–Crippen MR) is 102 cm³/mol. The van der Waals surface area contributed by atoms with Gasteiger partial charge in [-0.25, -0.2) is 4.79 Å². The molecule has 0 saturated carbocycles. The van der Waals surface area contributed by atoms with E-state index in [4.69, 9.17) is 9.47 Å². The van der Waals surface area contributed by atoms with Crippen molar-refractivity contribution in [2.45, 2.75) is 32.8 Å². The Balaban J connectivity index is 1.41. The van der Waals surface area contributed by atoms with Gasteiger partial charge in [-0.05, 0) is 50.9 Å². The molecule has 2 aliphatic rings. The van der Waals surface area contributed by atoms with Gasteiger partial charge in [0.05, 0.1) is 6.54 Å². The van der Waals surface area contributed by atoms with Crippen molar-refractivity contribution >= 4 is 6.03 Å². The van der Waals surface area contributed by atoms with E-state index in [0.29, 0.717) is 26.2 Å². The number of hydrogen-bond donors (Lipinski definition) is 1. The van der Waals surface area contributed by atoms with Gasteiger partial charge in [0.2, 0.25) is 0 Å².